The topological polar surface area (TPSA) is 32.3 Å². The average molecular weight is 354 g/mol. The van der Waals surface area contributed by atoms with Gasteiger partial charge in [0.25, 0.3) is 0 Å². The summed E-state index contributed by atoms with van der Waals surface area (Å²) in [7, 11) is 0. The van der Waals surface area contributed by atoms with E-state index >= 15 is 0 Å². The molecule has 3 nitrogen and oxygen atoms in total. The summed E-state index contributed by atoms with van der Waals surface area (Å²) in [6, 6.07) is 16.9. The maximum atomic E-state index is 12.9. The average Bonchev–Trinajstić information content (AvgIpc) is 2.69. The molecule has 1 fully saturated rings. The molecule has 1 aliphatic heterocycles. The highest BCUT2D eigenvalue weighted by atomic mass is 19.1. The van der Waals surface area contributed by atoms with Gasteiger partial charge in [-0.1, -0.05) is 42.5 Å². The molecule has 2 aromatic carbocycles. The first-order valence-electron chi connectivity index (χ1n) is 9.49. The summed E-state index contributed by atoms with van der Waals surface area (Å²) in [6.45, 7) is 3.54. The molecule has 0 saturated carbocycles. The third-order valence-corrected chi connectivity index (χ3v) is 5.12. The van der Waals surface area contributed by atoms with Crippen molar-refractivity contribution in [1.82, 2.24) is 10.2 Å². The van der Waals surface area contributed by atoms with Gasteiger partial charge in [-0.05, 0) is 68.6 Å². The lowest BCUT2D eigenvalue weighted by Crippen LogP contribution is -2.40. The predicted octanol–water partition coefficient (Wildman–Crippen LogP) is 3.79. The minimum atomic E-state index is -0.250. The zero-order valence-corrected chi connectivity index (χ0v) is 15.2. The molecule has 0 aromatic heterocycles. The highest BCUT2D eigenvalue weighted by Crippen LogP contribution is 2.18. The second kappa shape index (κ2) is 9.48. The molecule has 0 aliphatic carbocycles. The zero-order chi connectivity index (χ0) is 18.2. The number of benzene rings is 2. The van der Waals surface area contributed by atoms with Crippen LogP contribution in [0.15, 0.2) is 54.6 Å². The normalized spacial score (nSPS) is 15.7. The lowest BCUT2D eigenvalue weighted by molar-refractivity contribution is -0.126. The number of nitrogens with one attached hydrogen (secondary N) is 1. The quantitative estimate of drug-likeness (QED) is 0.820. The van der Waals surface area contributed by atoms with Crippen molar-refractivity contribution in [3.8, 4) is 0 Å². The van der Waals surface area contributed by atoms with Crippen molar-refractivity contribution in [3.63, 3.8) is 0 Å². The molecule has 1 amide bonds. The van der Waals surface area contributed by atoms with Gasteiger partial charge in [-0.3, -0.25) is 4.79 Å². The van der Waals surface area contributed by atoms with E-state index < -0.39 is 0 Å². The predicted molar refractivity (Wildman–Crippen MR) is 102 cm³/mol. The van der Waals surface area contributed by atoms with Crippen molar-refractivity contribution in [2.24, 2.45) is 5.92 Å². The molecular formula is C22H27FN2O. The van der Waals surface area contributed by atoms with E-state index in [1.165, 1.54) is 17.7 Å². The summed E-state index contributed by atoms with van der Waals surface area (Å²) in [5, 5.41) is 2.99. The smallest absolute Gasteiger partial charge is 0.223 e. The maximum Gasteiger partial charge on any atom is 0.223 e. The Morgan fingerprint density at radius 1 is 1.00 bits per heavy atom. The Labute approximate surface area is 155 Å². The van der Waals surface area contributed by atoms with Gasteiger partial charge in [0, 0.05) is 12.5 Å². The summed E-state index contributed by atoms with van der Waals surface area (Å²) < 4.78 is 12.9. The van der Waals surface area contributed by atoms with Crippen molar-refractivity contribution in [3.05, 3.63) is 71.5 Å². The minimum Gasteiger partial charge on any atom is -0.352 e. The Balaban J connectivity index is 1.33. The SMILES string of the molecule is O=C(NCc1ccc(F)cc1)C1CCN(CCCc2ccccc2)CC1. The summed E-state index contributed by atoms with van der Waals surface area (Å²) in [6.07, 6.45) is 4.10. The van der Waals surface area contributed by atoms with Crippen LogP contribution < -0.4 is 5.32 Å². The van der Waals surface area contributed by atoms with Crippen molar-refractivity contribution in [2.75, 3.05) is 19.6 Å². The molecule has 1 aliphatic rings. The molecule has 3 rings (SSSR count). The number of nitrogens with zero attached hydrogens (tertiary/aromatic N) is 1. The van der Waals surface area contributed by atoms with E-state index in [-0.39, 0.29) is 17.6 Å². The van der Waals surface area contributed by atoms with Crippen LogP contribution >= 0.6 is 0 Å². The lowest BCUT2D eigenvalue weighted by Gasteiger charge is -2.31. The van der Waals surface area contributed by atoms with E-state index in [0.29, 0.717) is 6.54 Å². The zero-order valence-electron chi connectivity index (χ0n) is 15.2. The number of carbonyl (C=O) groups is 1. The van der Waals surface area contributed by atoms with Crippen LogP contribution in [-0.2, 0) is 17.8 Å². The Hall–Kier alpha value is -2.20. The van der Waals surface area contributed by atoms with Crippen LogP contribution in [0, 0.1) is 11.7 Å². The summed E-state index contributed by atoms with van der Waals surface area (Å²) in [5.41, 5.74) is 2.32. The monoisotopic (exact) mass is 354 g/mol. The number of hydrogen-bond acceptors (Lipinski definition) is 2. The van der Waals surface area contributed by atoms with Crippen LogP contribution in [0.25, 0.3) is 0 Å². The fourth-order valence-corrected chi connectivity index (χ4v) is 3.51. The molecule has 0 atom stereocenters. The molecule has 0 radical (unpaired) electrons. The molecule has 138 valence electrons. The Bertz CT molecular complexity index is 679. The second-order valence-corrected chi connectivity index (χ2v) is 7.05. The molecule has 2 aromatic rings. The van der Waals surface area contributed by atoms with E-state index in [0.717, 1.165) is 50.9 Å². The second-order valence-electron chi connectivity index (χ2n) is 7.05. The maximum absolute atomic E-state index is 12.9. The molecule has 0 unspecified atom stereocenters. The van der Waals surface area contributed by atoms with Crippen LogP contribution in [0.3, 0.4) is 0 Å². The molecule has 0 spiro atoms. The van der Waals surface area contributed by atoms with Crippen molar-refractivity contribution < 1.29 is 9.18 Å². The summed E-state index contributed by atoms with van der Waals surface area (Å²) in [4.78, 5) is 14.8. The van der Waals surface area contributed by atoms with Gasteiger partial charge < -0.3 is 10.2 Å². The van der Waals surface area contributed by atoms with Crippen LogP contribution in [0.5, 0.6) is 0 Å². The van der Waals surface area contributed by atoms with Crippen molar-refractivity contribution in [2.45, 2.75) is 32.2 Å². The van der Waals surface area contributed by atoms with Gasteiger partial charge in [0.05, 0.1) is 0 Å². The molecular weight excluding hydrogens is 327 g/mol. The van der Waals surface area contributed by atoms with Crippen LogP contribution in [0.1, 0.15) is 30.4 Å². The van der Waals surface area contributed by atoms with Gasteiger partial charge in [-0.25, -0.2) is 4.39 Å². The Kier molecular flexibility index (Phi) is 6.78. The van der Waals surface area contributed by atoms with Gasteiger partial charge in [0.15, 0.2) is 0 Å². The number of piperidine rings is 1. The van der Waals surface area contributed by atoms with Gasteiger partial charge in [-0.2, -0.15) is 0 Å². The highest BCUT2D eigenvalue weighted by Gasteiger charge is 2.24. The van der Waals surface area contributed by atoms with E-state index in [1.807, 2.05) is 0 Å². The first-order chi connectivity index (χ1) is 12.7. The van der Waals surface area contributed by atoms with Crippen LogP contribution in [0.4, 0.5) is 4.39 Å². The highest BCUT2D eigenvalue weighted by molar-refractivity contribution is 5.78. The first-order valence-corrected chi connectivity index (χ1v) is 9.49. The minimum absolute atomic E-state index is 0.0980. The van der Waals surface area contributed by atoms with Crippen molar-refractivity contribution in [1.29, 1.82) is 0 Å². The number of aryl methyl sites for hydroxylation is 1. The van der Waals surface area contributed by atoms with Crippen LogP contribution in [-0.4, -0.2) is 30.4 Å². The summed E-state index contributed by atoms with van der Waals surface area (Å²) >= 11 is 0. The van der Waals surface area contributed by atoms with Crippen molar-refractivity contribution >= 4 is 5.91 Å². The molecule has 1 N–H and O–H groups in total. The number of hydrogen-bond donors (Lipinski definition) is 1. The Morgan fingerprint density at radius 2 is 1.69 bits per heavy atom. The number of amides is 1. The molecule has 0 bridgehead atoms. The number of halogens is 1. The van der Waals surface area contributed by atoms with Gasteiger partial charge in [0.1, 0.15) is 5.82 Å². The first kappa shape index (κ1) is 18.6. The van der Waals surface area contributed by atoms with Gasteiger partial charge in [-0.15, -0.1) is 0 Å². The van der Waals surface area contributed by atoms with Gasteiger partial charge >= 0.3 is 0 Å². The third kappa shape index (κ3) is 5.67. The van der Waals surface area contributed by atoms with Gasteiger partial charge in [0.2, 0.25) is 5.91 Å². The van der Waals surface area contributed by atoms with E-state index in [9.17, 15) is 9.18 Å². The van der Waals surface area contributed by atoms with E-state index in [2.05, 4.69) is 40.5 Å². The molecule has 1 heterocycles. The standard InChI is InChI=1S/C22H27FN2O/c23-21-10-8-19(9-11-21)17-24-22(26)20-12-15-25(16-13-20)14-4-7-18-5-2-1-3-6-18/h1-3,5-6,8-11,20H,4,7,12-17H2,(H,24,26). The van der Waals surface area contributed by atoms with E-state index in [4.69, 9.17) is 0 Å². The Morgan fingerprint density at radius 3 is 2.38 bits per heavy atom. The fourth-order valence-electron chi connectivity index (χ4n) is 3.51. The third-order valence-electron chi connectivity index (χ3n) is 5.12. The molecule has 1 saturated heterocycles. The van der Waals surface area contributed by atoms with Crippen LogP contribution in [0.2, 0.25) is 0 Å². The van der Waals surface area contributed by atoms with E-state index in [1.54, 1.807) is 12.1 Å². The number of likely N-dealkylation sites (tertiary alicyclic amines) is 1. The number of rotatable bonds is 7. The fraction of sp³-hybridized carbons (Fsp3) is 0.409. The largest absolute Gasteiger partial charge is 0.352 e. The number of carbonyl (C=O) groups excluding carboxylic acids is 1. The summed E-state index contributed by atoms with van der Waals surface area (Å²) in [5.74, 6) is -0.0289. The lowest BCUT2D eigenvalue weighted by atomic mass is 9.95. The molecule has 4 heteroatoms. The molecule has 26 heavy (non-hydrogen) atoms.